The van der Waals surface area contributed by atoms with Crippen LogP contribution in [0.1, 0.15) is 17.0 Å². The Kier molecular flexibility index (Phi) is 6.72. The molecule has 0 aliphatic carbocycles. The normalized spacial score (nSPS) is 11.9. The van der Waals surface area contributed by atoms with Gasteiger partial charge in [-0.25, -0.2) is 4.99 Å². The van der Waals surface area contributed by atoms with Gasteiger partial charge in [0.2, 0.25) is 0 Å². The van der Waals surface area contributed by atoms with E-state index < -0.39 is 11.7 Å². The molecule has 0 bridgehead atoms. The average molecular weight is 441 g/mol. The fraction of sp³-hybridized carbons (Fsp3) is 0.333. The second-order valence-corrected chi connectivity index (χ2v) is 4.45. The molecular formula is C12H15F3IN7. The summed E-state index contributed by atoms with van der Waals surface area (Å²) in [5.74, 6) is 0.518. The Morgan fingerprint density at radius 1 is 1.39 bits per heavy atom. The summed E-state index contributed by atoms with van der Waals surface area (Å²) >= 11 is 0. The second kappa shape index (κ2) is 8.08. The zero-order valence-electron chi connectivity index (χ0n) is 12.1. The zero-order chi connectivity index (χ0) is 16.2. The maximum atomic E-state index is 12.6. The molecule has 0 saturated carbocycles. The van der Waals surface area contributed by atoms with Crippen LogP contribution in [-0.4, -0.2) is 26.2 Å². The summed E-state index contributed by atoms with van der Waals surface area (Å²) in [6.45, 7) is 0.266. The molecule has 0 aliphatic heterocycles. The molecule has 126 valence electrons. The van der Waals surface area contributed by atoms with Crippen molar-refractivity contribution < 1.29 is 13.2 Å². The number of nitrogens with one attached hydrogen (secondary N) is 1. The summed E-state index contributed by atoms with van der Waals surface area (Å²) in [7, 11) is 1.63. The van der Waals surface area contributed by atoms with Crippen LogP contribution in [0, 0.1) is 0 Å². The number of alkyl halides is 3. The van der Waals surface area contributed by atoms with Crippen molar-refractivity contribution in [3.8, 4) is 0 Å². The van der Waals surface area contributed by atoms with Gasteiger partial charge in [-0.2, -0.15) is 18.0 Å². The summed E-state index contributed by atoms with van der Waals surface area (Å²) in [5.41, 5.74) is 5.34. The van der Waals surface area contributed by atoms with Crippen LogP contribution in [0.5, 0.6) is 0 Å². The number of hydrogen-bond acceptors (Lipinski definition) is 4. The summed E-state index contributed by atoms with van der Waals surface area (Å²) in [5, 5.41) is 14.1. The first-order valence-corrected chi connectivity index (χ1v) is 6.27. The molecule has 2 rings (SSSR count). The molecule has 23 heavy (non-hydrogen) atoms. The third-order valence-electron chi connectivity index (χ3n) is 2.66. The predicted molar refractivity (Wildman–Crippen MR) is 87.8 cm³/mol. The highest BCUT2D eigenvalue weighted by Crippen LogP contribution is 2.29. The molecule has 1 aromatic heterocycles. The van der Waals surface area contributed by atoms with Crippen LogP contribution in [0.3, 0.4) is 0 Å². The lowest BCUT2D eigenvalue weighted by Crippen LogP contribution is -2.31. The van der Waals surface area contributed by atoms with Gasteiger partial charge in [-0.15, -0.1) is 34.2 Å². The molecule has 7 nitrogen and oxygen atoms in total. The number of guanidine groups is 1. The van der Waals surface area contributed by atoms with Crippen molar-refractivity contribution in [3.05, 3.63) is 41.2 Å². The van der Waals surface area contributed by atoms with Gasteiger partial charge in [-0.3, -0.25) is 0 Å². The molecule has 1 heterocycles. The Hall–Kier alpha value is -1.92. The van der Waals surface area contributed by atoms with Gasteiger partial charge in [0.15, 0.2) is 11.8 Å². The number of aliphatic imine (C=N–C) groups is 1. The summed E-state index contributed by atoms with van der Waals surface area (Å²) in [6, 6.07) is 4.94. The topological polar surface area (TPSA) is 94.0 Å². The standard InChI is InChI=1S/C12H14F3N7.HI/c1-22-20-10(19-21-22)7-18-11(16)17-6-8-3-2-4-9(5-8)12(13,14)15;/h2-5H,6-7H2,1H3,(H3,16,17,18);1H. The van der Waals surface area contributed by atoms with Crippen molar-refractivity contribution in [2.45, 2.75) is 19.3 Å². The highest BCUT2D eigenvalue weighted by Gasteiger charge is 2.30. The average Bonchev–Trinajstić information content (AvgIpc) is 2.88. The van der Waals surface area contributed by atoms with Crippen molar-refractivity contribution in [1.82, 2.24) is 25.5 Å². The van der Waals surface area contributed by atoms with Gasteiger partial charge in [0, 0.05) is 0 Å². The van der Waals surface area contributed by atoms with Crippen molar-refractivity contribution in [2.24, 2.45) is 17.8 Å². The van der Waals surface area contributed by atoms with E-state index in [2.05, 4.69) is 25.7 Å². The van der Waals surface area contributed by atoms with Crippen molar-refractivity contribution in [3.63, 3.8) is 0 Å². The van der Waals surface area contributed by atoms with E-state index >= 15 is 0 Å². The number of aryl methyl sites for hydroxylation is 1. The van der Waals surface area contributed by atoms with E-state index in [0.29, 0.717) is 11.4 Å². The van der Waals surface area contributed by atoms with Crippen LogP contribution in [-0.2, 0) is 26.3 Å². The van der Waals surface area contributed by atoms with Crippen LogP contribution in [0.4, 0.5) is 13.2 Å². The SMILES string of the molecule is Cn1nnc(CNC(N)=NCc2cccc(C(F)(F)F)c2)n1.I. The molecule has 0 atom stereocenters. The molecule has 0 saturated heterocycles. The number of tetrazole rings is 1. The smallest absolute Gasteiger partial charge is 0.370 e. The number of rotatable bonds is 4. The van der Waals surface area contributed by atoms with E-state index in [9.17, 15) is 13.2 Å². The van der Waals surface area contributed by atoms with Gasteiger partial charge in [-0.05, 0) is 22.9 Å². The molecule has 0 unspecified atom stereocenters. The Morgan fingerprint density at radius 2 is 2.13 bits per heavy atom. The summed E-state index contributed by atoms with van der Waals surface area (Å²) in [4.78, 5) is 5.27. The molecule has 0 amide bonds. The monoisotopic (exact) mass is 441 g/mol. The number of hydrogen-bond donors (Lipinski definition) is 2. The Labute approximate surface area is 147 Å². The van der Waals surface area contributed by atoms with Gasteiger partial charge in [-0.1, -0.05) is 12.1 Å². The molecule has 0 fully saturated rings. The molecule has 0 radical (unpaired) electrons. The van der Waals surface area contributed by atoms with Crippen molar-refractivity contribution in [1.29, 1.82) is 0 Å². The lowest BCUT2D eigenvalue weighted by Gasteiger charge is -2.08. The highest BCUT2D eigenvalue weighted by atomic mass is 127. The molecule has 11 heteroatoms. The van der Waals surface area contributed by atoms with Crippen molar-refractivity contribution in [2.75, 3.05) is 0 Å². The van der Waals surface area contributed by atoms with Crippen LogP contribution < -0.4 is 11.1 Å². The van der Waals surface area contributed by atoms with E-state index in [-0.39, 0.29) is 43.0 Å². The third-order valence-corrected chi connectivity index (χ3v) is 2.66. The quantitative estimate of drug-likeness (QED) is 0.426. The van der Waals surface area contributed by atoms with Gasteiger partial charge >= 0.3 is 6.18 Å². The zero-order valence-corrected chi connectivity index (χ0v) is 14.4. The van der Waals surface area contributed by atoms with Gasteiger partial charge in [0.05, 0.1) is 25.7 Å². The molecule has 1 aromatic carbocycles. The van der Waals surface area contributed by atoms with E-state index in [1.165, 1.54) is 10.9 Å². The Bertz CT molecular complexity index is 669. The first kappa shape index (κ1) is 19.1. The summed E-state index contributed by atoms with van der Waals surface area (Å²) < 4.78 is 37.7. The van der Waals surface area contributed by atoms with Crippen LogP contribution >= 0.6 is 24.0 Å². The number of halogens is 4. The molecule has 3 N–H and O–H groups in total. The number of benzene rings is 1. The number of aromatic nitrogens is 4. The van der Waals surface area contributed by atoms with Gasteiger partial charge in [0.1, 0.15) is 0 Å². The minimum atomic E-state index is -4.37. The fourth-order valence-corrected chi connectivity index (χ4v) is 1.64. The lowest BCUT2D eigenvalue weighted by atomic mass is 10.1. The lowest BCUT2D eigenvalue weighted by molar-refractivity contribution is -0.137. The first-order chi connectivity index (χ1) is 10.3. The van der Waals surface area contributed by atoms with E-state index in [1.807, 2.05) is 0 Å². The minimum absolute atomic E-state index is 0. The number of nitrogens with two attached hydrogens (primary N) is 1. The maximum absolute atomic E-state index is 12.6. The fourth-order valence-electron chi connectivity index (χ4n) is 1.64. The first-order valence-electron chi connectivity index (χ1n) is 6.27. The van der Waals surface area contributed by atoms with E-state index in [1.54, 1.807) is 13.1 Å². The summed E-state index contributed by atoms with van der Waals surface area (Å²) in [6.07, 6.45) is -4.37. The van der Waals surface area contributed by atoms with Crippen LogP contribution in [0.25, 0.3) is 0 Å². The van der Waals surface area contributed by atoms with Gasteiger partial charge in [0.25, 0.3) is 0 Å². The largest absolute Gasteiger partial charge is 0.416 e. The van der Waals surface area contributed by atoms with E-state index in [0.717, 1.165) is 12.1 Å². The van der Waals surface area contributed by atoms with Gasteiger partial charge < -0.3 is 11.1 Å². The highest BCUT2D eigenvalue weighted by molar-refractivity contribution is 14.0. The van der Waals surface area contributed by atoms with Crippen LogP contribution in [0.15, 0.2) is 29.3 Å². The predicted octanol–water partition coefficient (Wildman–Crippen LogP) is 1.45. The Balaban J connectivity index is 0.00000264. The molecule has 0 spiro atoms. The van der Waals surface area contributed by atoms with Crippen molar-refractivity contribution >= 4 is 29.9 Å². The molecule has 0 aliphatic rings. The third kappa shape index (κ3) is 6.00. The molecule has 2 aromatic rings. The van der Waals surface area contributed by atoms with E-state index in [4.69, 9.17) is 5.73 Å². The van der Waals surface area contributed by atoms with Crippen LogP contribution in [0.2, 0.25) is 0 Å². The second-order valence-electron chi connectivity index (χ2n) is 4.45. The Morgan fingerprint density at radius 3 is 2.74 bits per heavy atom. The number of nitrogens with zero attached hydrogens (tertiary/aromatic N) is 5. The maximum Gasteiger partial charge on any atom is 0.416 e. The molecular weight excluding hydrogens is 426 g/mol. The minimum Gasteiger partial charge on any atom is -0.370 e.